The fourth-order valence-corrected chi connectivity index (χ4v) is 3.78. The van der Waals surface area contributed by atoms with Crippen LogP contribution >= 0.6 is 23.4 Å². The number of anilines is 1. The van der Waals surface area contributed by atoms with Crippen LogP contribution in [0.2, 0.25) is 5.02 Å². The Hall–Kier alpha value is -2.04. The first-order chi connectivity index (χ1) is 11.4. The number of hydrogen-bond acceptors (Lipinski definition) is 3. The molecule has 122 valence electrons. The zero-order valence-corrected chi connectivity index (χ0v) is 15.2. The molecule has 5 heteroatoms. The molecule has 2 amide bonds. The molecule has 0 bridgehead atoms. The van der Waals surface area contributed by atoms with Crippen LogP contribution in [-0.4, -0.2) is 11.1 Å². The molecule has 0 unspecified atom stereocenters. The number of hydrogen-bond donors (Lipinski definition) is 0. The second kappa shape index (κ2) is 6.46. The van der Waals surface area contributed by atoms with Crippen LogP contribution in [0.25, 0.3) is 6.08 Å². The van der Waals surface area contributed by atoms with E-state index in [-0.39, 0.29) is 11.1 Å². The van der Waals surface area contributed by atoms with Gasteiger partial charge in [-0.25, -0.2) is 4.90 Å². The van der Waals surface area contributed by atoms with E-state index in [1.54, 1.807) is 24.3 Å². The molecule has 1 saturated heterocycles. The zero-order chi connectivity index (χ0) is 17.4. The molecule has 2 aromatic carbocycles. The molecular formula is C19H16ClNO2S. The Balaban J connectivity index is 1.99. The van der Waals surface area contributed by atoms with Crippen LogP contribution in [0.5, 0.6) is 0 Å². The van der Waals surface area contributed by atoms with Gasteiger partial charge in [0, 0.05) is 5.02 Å². The van der Waals surface area contributed by atoms with Crippen molar-refractivity contribution in [3.8, 4) is 0 Å². The molecule has 24 heavy (non-hydrogen) atoms. The number of carbonyl (C=O) groups is 2. The van der Waals surface area contributed by atoms with Gasteiger partial charge < -0.3 is 0 Å². The smallest absolute Gasteiger partial charge is 0.268 e. The maximum Gasteiger partial charge on any atom is 0.298 e. The Labute approximate surface area is 150 Å². The third-order valence-corrected chi connectivity index (χ3v) is 5.01. The Morgan fingerprint density at radius 3 is 2.17 bits per heavy atom. The normalized spacial score (nSPS) is 16.3. The summed E-state index contributed by atoms with van der Waals surface area (Å²) in [5.41, 5.74) is 4.87. The number of imide groups is 1. The van der Waals surface area contributed by atoms with Gasteiger partial charge in [-0.05, 0) is 79.6 Å². The Morgan fingerprint density at radius 1 is 1.00 bits per heavy atom. The van der Waals surface area contributed by atoms with Crippen molar-refractivity contribution in [3.05, 3.63) is 68.6 Å². The highest BCUT2D eigenvalue weighted by molar-refractivity contribution is 8.19. The highest BCUT2D eigenvalue weighted by atomic mass is 35.5. The van der Waals surface area contributed by atoms with Crippen molar-refractivity contribution in [3.63, 3.8) is 0 Å². The van der Waals surface area contributed by atoms with Crippen molar-refractivity contribution in [1.29, 1.82) is 0 Å². The van der Waals surface area contributed by atoms with Gasteiger partial charge in [0.2, 0.25) is 0 Å². The average molecular weight is 358 g/mol. The molecule has 3 rings (SSSR count). The van der Waals surface area contributed by atoms with Gasteiger partial charge in [-0.1, -0.05) is 29.3 Å². The molecule has 3 nitrogen and oxygen atoms in total. The van der Waals surface area contributed by atoms with Gasteiger partial charge >= 0.3 is 0 Å². The first-order valence-electron chi connectivity index (χ1n) is 7.48. The lowest BCUT2D eigenvalue weighted by molar-refractivity contribution is -0.113. The molecule has 1 aliphatic rings. The van der Waals surface area contributed by atoms with Crippen LogP contribution in [0.4, 0.5) is 10.5 Å². The van der Waals surface area contributed by atoms with Crippen LogP contribution in [0.3, 0.4) is 0 Å². The maximum atomic E-state index is 12.7. The minimum atomic E-state index is -0.299. The summed E-state index contributed by atoms with van der Waals surface area (Å²) in [6.07, 6.45) is 1.81. The summed E-state index contributed by atoms with van der Waals surface area (Å²) in [6, 6.07) is 10.8. The minimum absolute atomic E-state index is 0.295. The van der Waals surface area contributed by atoms with Crippen molar-refractivity contribution >= 4 is 46.3 Å². The average Bonchev–Trinajstić information content (AvgIpc) is 2.78. The number of aryl methyl sites for hydroxylation is 3. The third-order valence-electron chi connectivity index (χ3n) is 3.89. The maximum absolute atomic E-state index is 12.7. The van der Waals surface area contributed by atoms with Gasteiger partial charge in [0.25, 0.3) is 11.1 Å². The summed E-state index contributed by atoms with van der Waals surface area (Å²) < 4.78 is 0. The van der Waals surface area contributed by atoms with E-state index in [1.165, 1.54) is 10.5 Å². The summed E-state index contributed by atoms with van der Waals surface area (Å²) in [6.45, 7) is 6.06. The number of benzene rings is 2. The largest absolute Gasteiger partial charge is 0.298 e. The fraction of sp³-hybridized carbons (Fsp3) is 0.158. The fourth-order valence-electron chi connectivity index (χ4n) is 2.83. The molecular weight excluding hydrogens is 342 g/mol. The molecule has 1 aliphatic heterocycles. The number of rotatable bonds is 2. The van der Waals surface area contributed by atoms with E-state index in [4.69, 9.17) is 11.6 Å². The number of carbonyl (C=O) groups excluding carboxylic acids is 2. The summed E-state index contributed by atoms with van der Waals surface area (Å²) >= 11 is 6.83. The van der Waals surface area contributed by atoms with Crippen LogP contribution in [0.1, 0.15) is 22.3 Å². The van der Waals surface area contributed by atoms with Crippen molar-refractivity contribution in [2.75, 3.05) is 4.90 Å². The van der Waals surface area contributed by atoms with Gasteiger partial charge in [-0.2, -0.15) is 0 Å². The lowest BCUT2D eigenvalue weighted by Crippen LogP contribution is -2.27. The molecule has 1 heterocycles. The quantitative estimate of drug-likeness (QED) is 0.665. The van der Waals surface area contributed by atoms with E-state index >= 15 is 0 Å². The standard InChI is InChI=1S/C19H16ClNO2S/c1-11-8-12(2)16(13(3)9-11)10-17-18(22)21(19(23)24-17)15-6-4-14(20)5-7-15/h4-10H,1-3H3/b17-10+. The number of amides is 2. The van der Waals surface area contributed by atoms with Gasteiger partial charge in [-0.15, -0.1) is 0 Å². The molecule has 0 saturated carbocycles. The second-order valence-electron chi connectivity index (χ2n) is 5.81. The van der Waals surface area contributed by atoms with Crippen LogP contribution in [0.15, 0.2) is 41.3 Å². The summed E-state index contributed by atoms with van der Waals surface area (Å²) in [4.78, 5) is 26.6. The van der Waals surface area contributed by atoms with E-state index in [0.717, 1.165) is 28.5 Å². The first-order valence-corrected chi connectivity index (χ1v) is 8.67. The van der Waals surface area contributed by atoms with E-state index in [9.17, 15) is 9.59 Å². The lowest BCUT2D eigenvalue weighted by atomic mass is 9.99. The van der Waals surface area contributed by atoms with Crippen LogP contribution in [0, 0.1) is 20.8 Å². The minimum Gasteiger partial charge on any atom is -0.268 e. The summed E-state index contributed by atoms with van der Waals surface area (Å²) in [7, 11) is 0. The van der Waals surface area contributed by atoms with E-state index in [0.29, 0.717) is 15.6 Å². The zero-order valence-electron chi connectivity index (χ0n) is 13.6. The summed E-state index contributed by atoms with van der Waals surface area (Å²) in [5, 5.41) is 0.267. The molecule has 0 atom stereocenters. The highest BCUT2D eigenvalue weighted by Crippen LogP contribution is 2.36. The van der Waals surface area contributed by atoms with E-state index in [1.807, 2.05) is 26.8 Å². The van der Waals surface area contributed by atoms with Gasteiger partial charge in [0.05, 0.1) is 10.6 Å². The predicted octanol–water partition coefficient (Wildman–Crippen LogP) is 5.51. The number of halogens is 1. The Kier molecular flexibility index (Phi) is 4.52. The Morgan fingerprint density at radius 2 is 1.58 bits per heavy atom. The molecule has 2 aromatic rings. The van der Waals surface area contributed by atoms with E-state index < -0.39 is 0 Å². The number of thioether (sulfide) groups is 1. The summed E-state index contributed by atoms with van der Waals surface area (Å²) in [5.74, 6) is -0.299. The van der Waals surface area contributed by atoms with Crippen molar-refractivity contribution in [2.24, 2.45) is 0 Å². The number of nitrogens with zero attached hydrogens (tertiary/aromatic N) is 1. The third kappa shape index (κ3) is 3.12. The molecule has 0 aromatic heterocycles. The van der Waals surface area contributed by atoms with Crippen molar-refractivity contribution in [1.82, 2.24) is 0 Å². The molecule has 0 N–H and O–H groups in total. The van der Waals surface area contributed by atoms with Gasteiger partial charge in [0.15, 0.2) is 0 Å². The van der Waals surface area contributed by atoms with Crippen LogP contribution < -0.4 is 4.90 Å². The SMILES string of the molecule is Cc1cc(C)c(/C=C2/SC(=O)N(c3ccc(Cl)cc3)C2=O)c(C)c1. The Bertz CT molecular complexity index is 848. The van der Waals surface area contributed by atoms with Crippen LogP contribution in [-0.2, 0) is 4.79 Å². The predicted molar refractivity (Wildman–Crippen MR) is 101 cm³/mol. The molecule has 0 spiro atoms. The van der Waals surface area contributed by atoms with Gasteiger partial charge in [-0.3, -0.25) is 9.59 Å². The topological polar surface area (TPSA) is 37.4 Å². The second-order valence-corrected chi connectivity index (χ2v) is 7.24. The van der Waals surface area contributed by atoms with Crippen molar-refractivity contribution < 1.29 is 9.59 Å². The molecule has 0 radical (unpaired) electrons. The monoisotopic (exact) mass is 357 g/mol. The van der Waals surface area contributed by atoms with E-state index in [2.05, 4.69) is 12.1 Å². The van der Waals surface area contributed by atoms with Gasteiger partial charge in [0.1, 0.15) is 0 Å². The molecule has 0 aliphatic carbocycles. The first kappa shape index (κ1) is 16.8. The molecule has 1 fully saturated rings. The highest BCUT2D eigenvalue weighted by Gasteiger charge is 2.36. The lowest BCUT2D eigenvalue weighted by Gasteiger charge is -2.12. The van der Waals surface area contributed by atoms with Crippen molar-refractivity contribution in [2.45, 2.75) is 20.8 Å².